The number of carboxylic acid groups (broad SMARTS) is 1. The normalized spacial score (nSPS) is 17.1. The third kappa shape index (κ3) is 5.64. The summed E-state index contributed by atoms with van der Waals surface area (Å²) in [4.78, 5) is 41.9. The highest BCUT2D eigenvalue weighted by molar-refractivity contribution is 5.81. The van der Waals surface area contributed by atoms with E-state index in [0.717, 1.165) is 17.7 Å². The number of nitrogens with zero attached hydrogens (tertiary/aromatic N) is 2. The predicted molar refractivity (Wildman–Crippen MR) is 123 cm³/mol. The predicted octanol–water partition coefficient (Wildman–Crippen LogP) is 1.39. The summed E-state index contributed by atoms with van der Waals surface area (Å²) in [6, 6.07) is 11.8. The van der Waals surface area contributed by atoms with Crippen molar-refractivity contribution >= 4 is 23.0 Å². The molecule has 1 aliphatic heterocycles. The lowest BCUT2D eigenvalue weighted by Gasteiger charge is -2.32. The van der Waals surface area contributed by atoms with E-state index in [0.29, 0.717) is 36.4 Å². The number of aromatic amines is 1. The number of oxazole rings is 1. The minimum Gasteiger partial charge on any atom is -0.482 e. The lowest BCUT2D eigenvalue weighted by molar-refractivity contribution is -0.139. The molecule has 180 valence electrons. The number of rotatable bonds is 9. The largest absolute Gasteiger partial charge is 0.482 e. The molecule has 0 unspecified atom stereocenters. The minimum absolute atomic E-state index is 0.119. The fourth-order valence-electron chi connectivity index (χ4n) is 4.21. The lowest BCUT2D eigenvalue weighted by atomic mass is 10.0. The van der Waals surface area contributed by atoms with Crippen molar-refractivity contribution in [2.45, 2.75) is 25.0 Å². The van der Waals surface area contributed by atoms with Crippen LogP contribution >= 0.6 is 0 Å². The number of aliphatic hydroxyl groups is 1. The Balaban J connectivity index is 1.55. The van der Waals surface area contributed by atoms with Crippen LogP contribution in [0, 0.1) is 0 Å². The molecule has 2 aromatic carbocycles. The van der Waals surface area contributed by atoms with E-state index in [2.05, 4.69) is 9.88 Å². The highest BCUT2D eigenvalue weighted by Gasteiger charge is 2.28. The van der Waals surface area contributed by atoms with E-state index in [-0.39, 0.29) is 18.4 Å². The Morgan fingerprint density at radius 1 is 1.29 bits per heavy atom. The highest BCUT2D eigenvalue weighted by atomic mass is 16.5. The molecule has 0 saturated carbocycles. The number of nitrogens with one attached hydrogen (secondary N) is 1. The summed E-state index contributed by atoms with van der Waals surface area (Å²) in [5, 5.41) is 18.9. The second-order valence-corrected chi connectivity index (χ2v) is 8.50. The van der Waals surface area contributed by atoms with E-state index >= 15 is 0 Å². The van der Waals surface area contributed by atoms with Gasteiger partial charge in [0.25, 0.3) is 0 Å². The Labute approximate surface area is 195 Å². The minimum atomic E-state index is -1.07. The lowest BCUT2D eigenvalue weighted by Crippen LogP contribution is -2.39. The van der Waals surface area contributed by atoms with Crippen LogP contribution in [-0.2, 0) is 16.0 Å². The van der Waals surface area contributed by atoms with Gasteiger partial charge in [0.15, 0.2) is 12.2 Å². The topological polar surface area (TPSA) is 136 Å². The van der Waals surface area contributed by atoms with E-state index in [1.54, 1.807) is 48.3 Å². The third-order valence-corrected chi connectivity index (χ3v) is 5.98. The Kier molecular flexibility index (Phi) is 6.99. The SMILES string of the molecule is CN(C(=O)Cc1ccc2oc(=O)[nH]c2c1)[C@H](CN1CC[C@@H](O)C1)c1cccc(OCC(=O)O)c1. The maximum Gasteiger partial charge on any atom is 0.417 e. The zero-order valence-electron chi connectivity index (χ0n) is 18.8. The maximum absolute atomic E-state index is 13.3. The van der Waals surface area contributed by atoms with Crippen molar-refractivity contribution in [3.05, 3.63) is 64.1 Å². The van der Waals surface area contributed by atoms with Crippen LogP contribution in [0.3, 0.4) is 0 Å². The van der Waals surface area contributed by atoms with Crippen LogP contribution in [0.2, 0.25) is 0 Å². The van der Waals surface area contributed by atoms with Gasteiger partial charge in [-0.25, -0.2) is 9.59 Å². The van der Waals surface area contributed by atoms with Crippen LogP contribution in [0.25, 0.3) is 11.1 Å². The molecule has 3 aromatic rings. The van der Waals surface area contributed by atoms with Crippen molar-refractivity contribution in [2.75, 3.05) is 33.3 Å². The van der Waals surface area contributed by atoms with Crippen LogP contribution in [0.4, 0.5) is 0 Å². The average Bonchev–Trinajstić information content (AvgIpc) is 3.39. The zero-order valence-corrected chi connectivity index (χ0v) is 18.8. The van der Waals surface area contributed by atoms with Crippen molar-refractivity contribution in [3.63, 3.8) is 0 Å². The molecule has 34 heavy (non-hydrogen) atoms. The number of ether oxygens (including phenoxy) is 1. The van der Waals surface area contributed by atoms with E-state index in [1.807, 2.05) is 6.07 Å². The fraction of sp³-hybridized carbons (Fsp3) is 0.375. The molecule has 1 aromatic heterocycles. The molecule has 1 aliphatic rings. The van der Waals surface area contributed by atoms with Gasteiger partial charge >= 0.3 is 11.7 Å². The number of carboxylic acids is 1. The number of carbonyl (C=O) groups is 2. The monoisotopic (exact) mass is 469 g/mol. The number of aliphatic carboxylic acids is 1. The maximum atomic E-state index is 13.3. The molecule has 0 bridgehead atoms. The van der Waals surface area contributed by atoms with E-state index < -0.39 is 24.4 Å². The second-order valence-electron chi connectivity index (χ2n) is 8.50. The summed E-state index contributed by atoms with van der Waals surface area (Å²) in [5.41, 5.74) is 2.49. The first-order valence-corrected chi connectivity index (χ1v) is 11.0. The number of β-amino-alcohol motifs (C(OH)–C–C–N with tert-alkyl or cyclic N) is 1. The fourth-order valence-corrected chi connectivity index (χ4v) is 4.21. The van der Waals surface area contributed by atoms with E-state index in [9.17, 15) is 19.5 Å². The van der Waals surface area contributed by atoms with E-state index in [1.165, 1.54) is 0 Å². The molecule has 0 spiro atoms. The van der Waals surface area contributed by atoms with Gasteiger partial charge in [0, 0.05) is 26.7 Å². The van der Waals surface area contributed by atoms with Crippen LogP contribution < -0.4 is 10.5 Å². The first kappa shape index (κ1) is 23.5. The summed E-state index contributed by atoms with van der Waals surface area (Å²) < 4.78 is 10.3. The van der Waals surface area contributed by atoms with Gasteiger partial charge in [-0.1, -0.05) is 18.2 Å². The summed E-state index contributed by atoms with van der Waals surface area (Å²) in [7, 11) is 1.72. The number of aromatic nitrogens is 1. The number of aliphatic hydroxyl groups excluding tert-OH is 1. The van der Waals surface area contributed by atoms with Crippen molar-refractivity contribution < 1.29 is 29.0 Å². The zero-order chi connectivity index (χ0) is 24.2. The van der Waals surface area contributed by atoms with Gasteiger partial charge in [0.1, 0.15) is 5.75 Å². The number of H-pyrrole nitrogens is 1. The van der Waals surface area contributed by atoms with Crippen molar-refractivity contribution in [3.8, 4) is 5.75 Å². The second kappa shape index (κ2) is 10.1. The number of amides is 1. The number of hydrogen-bond acceptors (Lipinski definition) is 7. The number of benzene rings is 2. The number of likely N-dealkylation sites (tertiary alicyclic amines) is 1. The molecule has 4 rings (SSSR count). The molecule has 1 amide bonds. The molecule has 1 fully saturated rings. The average molecular weight is 469 g/mol. The Bertz CT molecular complexity index is 1230. The van der Waals surface area contributed by atoms with Gasteiger partial charge in [0.2, 0.25) is 5.91 Å². The molecular formula is C24H27N3O7. The first-order valence-electron chi connectivity index (χ1n) is 11.0. The van der Waals surface area contributed by atoms with Gasteiger partial charge in [-0.3, -0.25) is 14.7 Å². The number of fused-ring (bicyclic) bond motifs is 1. The van der Waals surface area contributed by atoms with Gasteiger partial charge in [-0.2, -0.15) is 0 Å². The summed E-state index contributed by atoms with van der Waals surface area (Å²) in [6.07, 6.45) is 0.402. The summed E-state index contributed by atoms with van der Waals surface area (Å²) >= 11 is 0. The number of likely N-dealkylation sites (N-methyl/N-ethyl adjacent to an activating group) is 1. The Morgan fingerprint density at radius 2 is 2.12 bits per heavy atom. The summed E-state index contributed by atoms with van der Waals surface area (Å²) in [6.45, 7) is 1.30. The van der Waals surface area contributed by atoms with Gasteiger partial charge in [-0.05, 0) is 41.8 Å². The first-order chi connectivity index (χ1) is 16.3. The molecule has 0 radical (unpaired) electrons. The molecule has 2 atom stereocenters. The molecule has 0 aliphatic carbocycles. The van der Waals surface area contributed by atoms with Crippen molar-refractivity contribution in [1.82, 2.24) is 14.8 Å². The van der Waals surface area contributed by atoms with Gasteiger partial charge < -0.3 is 24.3 Å². The van der Waals surface area contributed by atoms with Gasteiger partial charge in [0.05, 0.1) is 24.1 Å². The molecule has 3 N–H and O–H groups in total. The van der Waals surface area contributed by atoms with Crippen LogP contribution in [0.1, 0.15) is 23.6 Å². The third-order valence-electron chi connectivity index (χ3n) is 5.98. The van der Waals surface area contributed by atoms with Crippen molar-refractivity contribution in [2.24, 2.45) is 0 Å². The number of hydrogen-bond donors (Lipinski definition) is 3. The standard InChI is InChI=1S/C24H27N3O7/c1-26(22(29)10-15-5-6-21-19(9-15)25-24(32)34-21)20(13-27-8-7-17(28)12-27)16-3-2-4-18(11-16)33-14-23(30)31/h2-6,9,11,17,20,28H,7-8,10,12-14H2,1H3,(H,25,32)(H,30,31)/t17-,20-/m1/s1. The number of carbonyl (C=O) groups excluding carboxylic acids is 1. The van der Waals surface area contributed by atoms with Crippen LogP contribution in [0.15, 0.2) is 51.7 Å². The molecule has 2 heterocycles. The Morgan fingerprint density at radius 3 is 2.85 bits per heavy atom. The Hall–Kier alpha value is -3.63. The van der Waals surface area contributed by atoms with Crippen LogP contribution in [-0.4, -0.2) is 76.3 Å². The van der Waals surface area contributed by atoms with Gasteiger partial charge in [-0.15, -0.1) is 0 Å². The molecule has 1 saturated heterocycles. The molecule has 10 nitrogen and oxygen atoms in total. The quantitative estimate of drug-likeness (QED) is 0.428. The molecule has 10 heteroatoms. The van der Waals surface area contributed by atoms with Crippen molar-refractivity contribution in [1.29, 1.82) is 0 Å². The van der Waals surface area contributed by atoms with Crippen LogP contribution in [0.5, 0.6) is 5.75 Å². The van der Waals surface area contributed by atoms with E-state index in [4.69, 9.17) is 14.3 Å². The molecular weight excluding hydrogens is 442 g/mol. The smallest absolute Gasteiger partial charge is 0.417 e. The summed E-state index contributed by atoms with van der Waals surface area (Å²) in [5.74, 6) is -1.35. The highest BCUT2D eigenvalue weighted by Crippen LogP contribution is 2.27.